The van der Waals surface area contributed by atoms with Crippen molar-refractivity contribution < 1.29 is 8.42 Å². The topological polar surface area (TPSA) is 52.0 Å². The summed E-state index contributed by atoms with van der Waals surface area (Å²) in [7, 11) is 1.53. The van der Waals surface area contributed by atoms with E-state index >= 15 is 0 Å². The minimum absolute atomic E-state index is 0.0496. The molecule has 0 saturated heterocycles. The summed E-state index contributed by atoms with van der Waals surface area (Å²) in [5.41, 5.74) is 0.371. The molecule has 0 spiro atoms. The van der Waals surface area contributed by atoms with Crippen molar-refractivity contribution >= 4 is 31.3 Å². The first-order valence-electron chi connectivity index (χ1n) is 5.60. The second kappa shape index (κ2) is 4.78. The Labute approximate surface area is 110 Å². The Kier molecular flexibility index (Phi) is 3.71. The van der Waals surface area contributed by atoms with Crippen LogP contribution in [0.15, 0.2) is 4.90 Å². The molecule has 0 aliphatic heterocycles. The van der Waals surface area contributed by atoms with Crippen LogP contribution >= 0.6 is 22.3 Å². The largest absolute Gasteiger partial charge is 0.266 e. The van der Waals surface area contributed by atoms with Crippen LogP contribution in [0.2, 0.25) is 5.15 Å². The zero-order chi connectivity index (χ0) is 12.6. The van der Waals surface area contributed by atoms with Gasteiger partial charge in [0.1, 0.15) is 10.0 Å². The number of halogens is 2. The van der Waals surface area contributed by atoms with Crippen LogP contribution < -0.4 is 0 Å². The minimum Gasteiger partial charge on any atom is -0.249 e. The van der Waals surface area contributed by atoms with Gasteiger partial charge in [0.25, 0.3) is 9.05 Å². The fourth-order valence-corrected chi connectivity index (χ4v) is 4.33. The van der Waals surface area contributed by atoms with Crippen LogP contribution in [0.5, 0.6) is 0 Å². The highest BCUT2D eigenvalue weighted by atomic mass is 35.7. The van der Waals surface area contributed by atoms with E-state index in [1.54, 1.807) is 11.6 Å². The second-order valence-electron chi connectivity index (χ2n) is 4.38. The number of hydrogen-bond acceptors (Lipinski definition) is 3. The molecule has 0 unspecified atom stereocenters. The fourth-order valence-electron chi connectivity index (χ4n) is 2.35. The number of aryl methyl sites for hydroxylation is 1. The molecule has 17 heavy (non-hydrogen) atoms. The van der Waals surface area contributed by atoms with Crippen molar-refractivity contribution in [3.63, 3.8) is 0 Å². The highest BCUT2D eigenvalue weighted by Gasteiger charge is 2.27. The van der Waals surface area contributed by atoms with E-state index in [4.69, 9.17) is 22.3 Å². The molecule has 4 nitrogen and oxygen atoms in total. The molecule has 0 aromatic carbocycles. The minimum atomic E-state index is -3.83. The first-order chi connectivity index (χ1) is 7.91. The summed E-state index contributed by atoms with van der Waals surface area (Å²) in [5.74, 6) is 0. The number of aromatic nitrogens is 2. The summed E-state index contributed by atoms with van der Waals surface area (Å²) < 4.78 is 24.4. The van der Waals surface area contributed by atoms with E-state index in [1.165, 1.54) is 6.42 Å². The summed E-state index contributed by atoms with van der Waals surface area (Å²) in [6.45, 7) is 1.61. The van der Waals surface area contributed by atoms with E-state index in [1.807, 2.05) is 0 Å². The van der Waals surface area contributed by atoms with Gasteiger partial charge in [-0.05, 0) is 19.8 Å². The molecule has 1 fully saturated rings. The van der Waals surface area contributed by atoms with Gasteiger partial charge in [-0.3, -0.25) is 0 Å². The van der Waals surface area contributed by atoms with Crippen molar-refractivity contribution in [1.29, 1.82) is 0 Å². The molecular formula is C10H14Cl2N2O2S. The maximum Gasteiger partial charge on any atom is 0.266 e. The SMILES string of the molecule is Cc1nn(C2CCCCC2)c(Cl)c1S(=O)(=O)Cl. The van der Waals surface area contributed by atoms with Crippen LogP contribution in [-0.4, -0.2) is 18.2 Å². The van der Waals surface area contributed by atoms with Crippen molar-refractivity contribution in [3.05, 3.63) is 10.8 Å². The normalized spacial score (nSPS) is 18.5. The van der Waals surface area contributed by atoms with E-state index in [0.717, 1.165) is 25.7 Å². The second-order valence-corrected chi connectivity index (χ2v) is 7.24. The Hall–Kier alpha value is -0.260. The van der Waals surface area contributed by atoms with E-state index in [0.29, 0.717) is 5.69 Å². The highest BCUT2D eigenvalue weighted by molar-refractivity contribution is 8.13. The van der Waals surface area contributed by atoms with E-state index in [2.05, 4.69) is 5.10 Å². The summed E-state index contributed by atoms with van der Waals surface area (Å²) in [6, 6.07) is 0.196. The lowest BCUT2D eigenvalue weighted by atomic mass is 9.96. The van der Waals surface area contributed by atoms with E-state index < -0.39 is 9.05 Å². The maximum absolute atomic E-state index is 11.4. The molecule has 1 aromatic heterocycles. The molecule has 0 amide bonds. The van der Waals surface area contributed by atoms with Crippen LogP contribution in [0.4, 0.5) is 0 Å². The van der Waals surface area contributed by atoms with Crippen LogP contribution in [0.3, 0.4) is 0 Å². The summed E-state index contributed by atoms with van der Waals surface area (Å²) in [5, 5.41) is 4.36. The molecule has 2 rings (SSSR count). The number of nitrogens with zero attached hydrogens (tertiary/aromatic N) is 2. The Morgan fingerprint density at radius 1 is 1.29 bits per heavy atom. The fraction of sp³-hybridized carbons (Fsp3) is 0.700. The van der Waals surface area contributed by atoms with E-state index in [-0.39, 0.29) is 16.1 Å². The maximum atomic E-state index is 11.4. The molecule has 1 aromatic rings. The molecule has 1 aliphatic rings. The highest BCUT2D eigenvalue weighted by Crippen LogP contribution is 2.35. The van der Waals surface area contributed by atoms with Gasteiger partial charge in [-0.15, -0.1) is 0 Å². The predicted octanol–water partition coefficient (Wildman–Crippen LogP) is 3.28. The molecule has 0 N–H and O–H groups in total. The van der Waals surface area contributed by atoms with Crippen molar-refractivity contribution in [2.24, 2.45) is 0 Å². The Balaban J connectivity index is 2.43. The molecular weight excluding hydrogens is 283 g/mol. The lowest BCUT2D eigenvalue weighted by Crippen LogP contribution is -2.14. The third-order valence-electron chi connectivity index (χ3n) is 3.14. The summed E-state index contributed by atoms with van der Waals surface area (Å²) in [6.07, 6.45) is 5.45. The zero-order valence-corrected chi connectivity index (χ0v) is 11.8. The first kappa shape index (κ1) is 13.2. The van der Waals surface area contributed by atoms with Gasteiger partial charge in [0.15, 0.2) is 0 Å². The van der Waals surface area contributed by atoms with Gasteiger partial charge in [-0.1, -0.05) is 30.9 Å². The van der Waals surface area contributed by atoms with Gasteiger partial charge < -0.3 is 0 Å². The van der Waals surface area contributed by atoms with Crippen LogP contribution in [-0.2, 0) is 9.05 Å². The van der Waals surface area contributed by atoms with Crippen molar-refractivity contribution in [1.82, 2.24) is 9.78 Å². The predicted molar refractivity (Wildman–Crippen MR) is 67.1 cm³/mol. The van der Waals surface area contributed by atoms with Crippen molar-refractivity contribution in [2.75, 3.05) is 0 Å². The first-order valence-corrected chi connectivity index (χ1v) is 8.29. The molecule has 96 valence electrons. The quantitative estimate of drug-likeness (QED) is 0.787. The van der Waals surface area contributed by atoms with Gasteiger partial charge in [-0.25, -0.2) is 13.1 Å². The smallest absolute Gasteiger partial charge is 0.249 e. The van der Waals surface area contributed by atoms with E-state index in [9.17, 15) is 8.42 Å². The Morgan fingerprint density at radius 2 is 1.88 bits per heavy atom. The third-order valence-corrected chi connectivity index (χ3v) is 5.05. The van der Waals surface area contributed by atoms with Crippen LogP contribution in [0.25, 0.3) is 0 Å². The lowest BCUT2D eigenvalue weighted by Gasteiger charge is -2.22. The monoisotopic (exact) mass is 296 g/mol. The lowest BCUT2D eigenvalue weighted by molar-refractivity contribution is 0.328. The Morgan fingerprint density at radius 3 is 2.35 bits per heavy atom. The zero-order valence-electron chi connectivity index (χ0n) is 9.49. The number of hydrogen-bond donors (Lipinski definition) is 0. The molecule has 0 radical (unpaired) electrons. The van der Waals surface area contributed by atoms with Gasteiger partial charge in [-0.2, -0.15) is 5.10 Å². The standard InChI is InChI=1S/C10H14Cl2N2O2S/c1-7-9(17(12,15)16)10(11)14(13-7)8-5-3-2-4-6-8/h8H,2-6H2,1H3. The van der Waals surface area contributed by atoms with Gasteiger partial charge >= 0.3 is 0 Å². The molecule has 0 atom stereocenters. The average Bonchev–Trinajstić information content (AvgIpc) is 2.54. The Bertz CT molecular complexity index is 519. The number of rotatable bonds is 2. The molecule has 1 saturated carbocycles. The van der Waals surface area contributed by atoms with Crippen molar-refractivity contribution in [3.8, 4) is 0 Å². The van der Waals surface area contributed by atoms with Crippen LogP contribution in [0, 0.1) is 6.92 Å². The van der Waals surface area contributed by atoms with Gasteiger partial charge in [0.2, 0.25) is 0 Å². The average molecular weight is 297 g/mol. The molecule has 0 bridgehead atoms. The van der Waals surface area contributed by atoms with Gasteiger partial charge in [0, 0.05) is 10.7 Å². The molecule has 7 heteroatoms. The molecule has 1 aliphatic carbocycles. The summed E-state index contributed by atoms with van der Waals surface area (Å²) in [4.78, 5) is -0.0496. The van der Waals surface area contributed by atoms with Crippen LogP contribution in [0.1, 0.15) is 43.8 Å². The third kappa shape index (κ3) is 2.61. The van der Waals surface area contributed by atoms with Crippen molar-refractivity contribution in [2.45, 2.75) is 50.0 Å². The summed E-state index contributed by atoms with van der Waals surface area (Å²) >= 11 is 6.08. The molecule has 1 heterocycles. The van der Waals surface area contributed by atoms with Gasteiger partial charge in [0.05, 0.1) is 11.7 Å².